The zero-order valence-corrected chi connectivity index (χ0v) is 20.0. The highest BCUT2D eigenvalue weighted by molar-refractivity contribution is 6.33. The van der Waals surface area contributed by atoms with Crippen molar-refractivity contribution in [2.75, 3.05) is 25.1 Å². The van der Waals surface area contributed by atoms with Gasteiger partial charge in [-0.05, 0) is 73.8 Å². The first-order chi connectivity index (χ1) is 16.7. The number of nitrogens with one attached hydrogen (secondary N) is 1. The topological polar surface area (TPSA) is 70.8 Å². The molecule has 0 unspecified atom stereocenters. The van der Waals surface area contributed by atoms with Crippen molar-refractivity contribution in [3.05, 3.63) is 76.6 Å². The third-order valence-corrected chi connectivity index (χ3v) is 7.48. The number of benzene rings is 1. The molecule has 1 aliphatic heterocycles. The number of nitrogens with zero attached hydrogens (tertiary/aromatic N) is 3. The van der Waals surface area contributed by atoms with Gasteiger partial charge >= 0.3 is 0 Å². The molecule has 174 valence electrons. The number of pyridine rings is 2. The minimum atomic E-state index is -0.409. The molecule has 1 atom stereocenters. The average Bonchev–Trinajstić information content (AvgIpc) is 2.89. The predicted octanol–water partition coefficient (Wildman–Crippen LogP) is 6.19. The molecule has 1 N–H and O–H groups in total. The molecule has 0 spiro atoms. The maximum absolute atomic E-state index is 9.72. The fraction of sp³-hybridized carbons (Fsp3) is 0.393. The van der Waals surface area contributed by atoms with Gasteiger partial charge in [0, 0.05) is 37.2 Å². The van der Waals surface area contributed by atoms with E-state index in [1.807, 2.05) is 18.2 Å². The second kappa shape index (κ2) is 10.1. The number of halogens is 1. The Morgan fingerprint density at radius 3 is 2.85 bits per heavy atom. The van der Waals surface area contributed by atoms with Gasteiger partial charge in [-0.25, -0.2) is 4.98 Å². The Hall–Kier alpha value is -2.94. The van der Waals surface area contributed by atoms with Gasteiger partial charge < -0.3 is 10.1 Å². The Morgan fingerprint density at radius 1 is 1.15 bits per heavy atom. The molecule has 2 aliphatic rings. The number of anilines is 1. The Balaban J connectivity index is 1.34. The Bertz CT molecular complexity index is 1200. The summed E-state index contributed by atoms with van der Waals surface area (Å²) < 4.78 is 5.44. The Morgan fingerprint density at radius 2 is 2.00 bits per heavy atom. The molecule has 1 aromatic carbocycles. The van der Waals surface area contributed by atoms with E-state index >= 15 is 0 Å². The Kier molecular flexibility index (Phi) is 6.80. The molecule has 5 nitrogen and oxygen atoms in total. The number of aromatic nitrogens is 2. The predicted molar refractivity (Wildman–Crippen MR) is 135 cm³/mol. The molecule has 1 saturated heterocycles. The minimum absolute atomic E-state index is 0.409. The quantitative estimate of drug-likeness (QED) is 0.463. The van der Waals surface area contributed by atoms with E-state index in [1.54, 1.807) is 6.20 Å². The second-order valence-electron chi connectivity index (χ2n) is 9.41. The Labute approximate surface area is 206 Å². The third-order valence-electron chi connectivity index (χ3n) is 7.18. The third kappa shape index (κ3) is 4.94. The van der Waals surface area contributed by atoms with Crippen LogP contribution in [-0.2, 0) is 17.6 Å². The smallest absolute Gasteiger partial charge is 0.126 e. The summed E-state index contributed by atoms with van der Waals surface area (Å²) in [4.78, 5) is 9.46. The molecule has 1 fully saturated rings. The largest absolute Gasteiger partial charge is 0.381 e. The number of aryl methyl sites for hydroxylation is 1. The van der Waals surface area contributed by atoms with Gasteiger partial charge in [0.05, 0.1) is 22.2 Å². The summed E-state index contributed by atoms with van der Waals surface area (Å²) in [5, 5.41) is 13.7. The van der Waals surface area contributed by atoms with Crippen molar-refractivity contribution >= 4 is 17.4 Å². The fourth-order valence-corrected chi connectivity index (χ4v) is 5.34. The lowest BCUT2D eigenvalue weighted by Gasteiger charge is -2.30. The number of hydrogen-bond donors (Lipinski definition) is 1. The lowest BCUT2D eigenvalue weighted by Crippen LogP contribution is -2.34. The van der Waals surface area contributed by atoms with Crippen LogP contribution in [0.4, 0.5) is 5.82 Å². The van der Waals surface area contributed by atoms with Gasteiger partial charge in [-0.15, -0.1) is 0 Å². The van der Waals surface area contributed by atoms with E-state index in [0.29, 0.717) is 30.7 Å². The van der Waals surface area contributed by atoms with E-state index in [1.165, 1.54) is 24.0 Å². The molecular weight excluding hydrogens is 444 g/mol. The highest BCUT2D eigenvalue weighted by atomic mass is 35.5. The first kappa shape index (κ1) is 22.8. The summed E-state index contributed by atoms with van der Waals surface area (Å²) in [5.74, 6) is 1.23. The van der Waals surface area contributed by atoms with Crippen LogP contribution < -0.4 is 5.32 Å². The molecule has 3 aromatic rings. The molecule has 3 heterocycles. The maximum atomic E-state index is 9.72. The van der Waals surface area contributed by atoms with E-state index in [4.69, 9.17) is 21.3 Å². The first-order valence-electron chi connectivity index (χ1n) is 12.1. The molecule has 0 bridgehead atoms. The normalized spacial score (nSPS) is 19.1. The van der Waals surface area contributed by atoms with E-state index in [2.05, 4.69) is 46.7 Å². The van der Waals surface area contributed by atoms with Crippen molar-refractivity contribution < 1.29 is 4.74 Å². The van der Waals surface area contributed by atoms with Gasteiger partial charge in [0.25, 0.3) is 0 Å². The number of hydrogen-bond acceptors (Lipinski definition) is 5. The lowest BCUT2D eigenvalue weighted by molar-refractivity contribution is 0.0455. The number of nitriles is 1. The van der Waals surface area contributed by atoms with Crippen LogP contribution in [0.25, 0.3) is 11.3 Å². The first-order valence-corrected chi connectivity index (χ1v) is 12.5. The number of fused-ring (bicyclic) bond motifs is 1. The zero-order valence-electron chi connectivity index (χ0n) is 19.3. The molecule has 6 heteroatoms. The molecule has 2 aromatic heterocycles. The van der Waals surface area contributed by atoms with Crippen molar-refractivity contribution in [3.63, 3.8) is 0 Å². The van der Waals surface area contributed by atoms with Crippen molar-refractivity contribution in [3.8, 4) is 17.3 Å². The standard InChI is InChI=1S/C28H29ClN4O/c29-25-17-31-22(15-21-7-3-6-20-5-1-2-8-23(20)21)16-24(25)26-9-4-10-27(33-26)32-19-28(18-30)11-13-34-14-12-28/h1-2,4-5,8-10,16-17,21H,3,6-7,11-15,19H2,(H,32,33)/t21-/m0/s1. The summed E-state index contributed by atoms with van der Waals surface area (Å²) in [7, 11) is 0. The molecule has 0 amide bonds. The van der Waals surface area contributed by atoms with Crippen LogP contribution in [0.15, 0.2) is 54.7 Å². The van der Waals surface area contributed by atoms with E-state index in [0.717, 1.165) is 48.5 Å². The summed E-state index contributed by atoms with van der Waals surface area (Å²) in [6.07, 6.45) is 7.67. The molecule has 0 saturated carbocycles. The van der Waals surface area contributed by atoms with E-state index in [-0.39, 0.29) is 0 Å². The van der Waals surface area contributed by atoms with Crippen LogP contribution in [0.2, 0.25) is 5.02 Å². The average molecular weight is 473 g/mol. The summed E-state index contributed by atoms with van der Waals surface area (Å²) in [6.45, 7) is 1.81. The van der Waals surface area contributed by atoms with Crippen LogP contribution in [0.5, 0.6) is 0 Å². The summed E-state index contributed by atoms with van der Waals surface area (Å²) in [6, 6.07) is 19.2. The van der Waals surface area contributed by atoms with Gasteiger partial charge in [0.2, 0.25) is 0 Å². The van der Waals surface area contributed by atoms with Gasteiger partial charge in [-0.2, -0.15) is 5.26 Å². The van der Waals surface area contributed by atoms with Gasteiger partial charge in [0.15, 0.2) is 0 Å². The van der Waals surface area contributed by atoms with E-state index in [9.17, 15) is 5.26 Å². The van der Waals surface area contributed by atoms with Crippen LogP contribution in [0.3, 0.4) is 0 Å². The van der Waals surface area contributed by atoms with Gasteiger partial charge in [0.1, 0.15) is 5.82 Å². The van der Waals surface area contributed by atoms with Gasteiger partial charge in [-0.1, -0.05) is 41.9 Å². The maximum Gasteiger partial charge on any atom is 0.126 e. The van der Waals surface area contributed by atoms with Crippen LogP contribution >= 0.6 is 11.6 Å². The fourth-order valence-electron chi connectivity index (χ4n) is 5.14. The number of ether oxygens (including phenoxy) is 1. The van der Waals surface area contributed by atoms with E-state index < -0.39 is 5.41 Å². The van der Waals surface area contributed by atoms with Crippen LogP contribution in [0.1, 0.15) is 48.4 Å². The summed E-state index contributed by atoms with van der Waals surface area (Å²) in [5.41, 5.74) is 5.24. The molecule has 5 rings (SSSR count). The molecular formula is C28H29ClN4O. The van der Waals surface area contributed by atoms with Crippen molar-refractivity contribution in [1.82, 2.24) is 9.97 Å². The van der Waals surface area contributed by atoms with Crippen LogP contribution in [-0.4, -0.2) is 29.7 Å². The van der Waals surface area contributed by atoms with Crippen molar-refractivity contribution in [2.45, 2.75) is 44.4 Å². The highest BCUT2D eigenvalue weighted by Crippen LogP contribution is 2.35. The highest BCUT2D eigenvalue weighted by Gasteiger charge is 2.32. The van der Waals surface area contributed by atoms with Gasteiger partial charge in [-0.3, -0.25) is 4.98 Å². The molecule has 34 heavy (non-hydrogen) atoms. The second-order valence-corrected chi connectivity index (χ2v) is 9.82. The van der Waals surface area contributed by atoms with Crippen molar-refractivity contribution in [2.24, 2.45) is 5.41 Å². The minimum Gasteiger partial charge on any atom is -0.381 e. The lowest BCUT2D eigenvalue weighted by atomic mass is 9.80. The monoisotopic (exact) mass is 472 g/mol. The molecule has 0 radical (unpaired) electrons. The SMILES string of the molecule is N#CC1(CNc2cccc(-c3cc(C[C@@H]4CCCc5ccccc54)ncc3Cl)n2)CCOCC1. The zero-order chi connectivity index (χ0) is 23.4. The van der Waals surface area contributed by atoms with Crippen molar-refractivity contribution in [1.29, 1.82) is 5.26 Å². The number of rotatable bonds is 6. The summed E-state index contributed by atoms with van der Waals surface area (Å²) >= 11 is 6.57. The van der Waals surface area contributed by atoms with Crippen LogP contribution in [0, 0.1) is 16.7 Å². The molecule has 1 aliphatic carbocycles.